The normalized spacial score (nSPS) is 10.7. The van der Waals surface area contributed by atoms with Crippen LogP contribution in [0.3, 0.4) is 0 Å². The molecule has 2 aromatic heterocycles. The third-order valence-electron chi connectivity index (χ3n) is 6.16. The molecule has 0 amide bonds. The lowest BCUT2D eigenvalue weighted by molar-refractivity contribution is -0.384. The molecule has 40 heavy (non-hydrogen) atoms. The van der Waals surface area contributed by atoms with E-state index in [-0.39, 0.29) is 11.4 Å². The summed E-state index contributed by atoms with van der Waals surface area (Å²) >= 11 is 0. The van der Waals surface area contributed by atoms with Crippen LogP contribution in [0.25, 0.3) is 44.6 Å². The average Bonchev–Trinajstić information content (AvgIpc) is 2.97. The van der Waals surface area contributed by atoms with E-state index in [2.05, 4.69) is 19.9 Å². The van der Waals surface area contributed by atoms with Gasteiger partial charge in [-0.25, -0.2) is 19.9 Å². The maximum absolute atomic E-state index is 10.8. The third-order valence-corrected chi connectivity index (χ3v) is 6.16. The summed E-state index contributed by atoms with van der Waals surface area (Å²) < 4.78 is 0. The molecule has 0 spiro atoms. The molecule has 0 aliphatic rings. The summed E-state index contributed by atoms with van der Waals surface area (Å²) in [6.45, 7) is 3.74. The van der Waals surface area contributed by atoms with Gasteiger partial charge in [-0.3, -0.25) is 20.2 Å². The van der Waals surface area contributed by atoms with Crippen LogP contribution in [-0.4, -0.2) is 29.8 Å². The first kappa shape index (κ1) is 26.0. The predicted octanol–water partition coefficient (Wildman–Crippen LogP) is 7.03. The monoisotopic (exact) mass is 530 g/mol. The number of nitro groups is 2. The molecule has 0 saturated heterocycles. The van der Waals surface area contributed by atoms with Gasteiger partial charge in [0.05, 0.1) is 54.7 Å². The van der Waals surface area contributed by atoms with Crippen molar-refractivity contribution >= 4 is 33.4 Å². The first-order chi connectivity index (χ1) is 19.3. The summed E-state index contributed by atoms with van der Waals surface area (Å²) in [6.07, 6.45) is 0. The van der Waals surface area contributed by atoms with Crippen molar-refractivity contribution in [1.82, 2.24) is 19.9 Å². The summed E-state index contributed by atoms with van der Waals surface area (Å²) in [4.78, 5) is 38.7. The Balaban J connectivity index is 0.000000161. The minimum absolute atomic E-state index is 0.0228. The SMILES string of the molecule is Cc1nc2cc([N+](=O)[O-])ccc2nc1-c1ccccc1.Cc1nc2ccc([N+](=O)[O-])cc2nc1-c1ccccc1. The highest BCUT2D eigenvalue weighted by atomic mass is 16.6. The second-order valence-electron chi connectivity index (χ2n) is 8.91. The van der Waals surface area contributed by atoms with E-state index < -0.39 is 9.85 Å². The highest BCUT2D eigenvalue weighted by Crippen LogP contribution is 2.26. The van der Waals surface area contributed by atoms with Gasteiger partial charge in [-0.05, 0) is 26.0 Å². The van der Waals surface area contributed by atoms with Crippen LogP contribution in [0.2, 0.25) is 0 Å². The first-order valence-electron chi connectivity index (χ1n) is 12.3. The Morgan fingerprint density at radius 3 is 1.32 bits per heavy atom. The van der Waals surface area contributed by atoms with Gasteiger partial charge >= 0.3 is 0 Å². The van der Waals surface area contributed by atoms with Gasteiger partial charge in [0, 0.05) is 35.4 Å². The van der Waals surface area contributed by atoms with Crippen LogP contribution in [0.15, 0.2) is 97.1 Å². The summed E-state index contributed by atoms with van der Waals surface area (Å²) in [7, 11) is 0. The minimum Gasteiger partial charge on any atom is -0.258 e. The summed E-state index contributed by atoms with van der Waals surface area (Å²) in [5.74, 6) is 0. The zero-order valence-electron chi connectivity index (χ0n) is 21.6. The van der Waals surface area contributed by atoms with Crippen molar-refractivity contribution in [3.8, 4) is 22.5 Å². The topological polar surface area (TPSA) is 138 Å². The maximum Gasteiger partial charge on any atom is 0.271 e. The quantitative estimate of drug-likeness (QED) is 0.175. The molecule has 0 aliphatic carbocycles. The number of hydrogen-bond donors (Lipinski definition) is 0. The van der Waals surface area contributed by atoms with Gasteiger partial charge in [0.1, 0.15) is 0 Å². The standard InChI is InChI=1S/2C15H11N3O2/c1-10-15(11-5-3-2-4-6-11)17-13-8-7-12(18(19)20)9-14(13)16-10;1-10-15(11-5-3-2-4-6-11)17-14-9-12(18(19)20)7-8-13(14)16-10/h2*2-9H,1H3. The number of aryl methyl sites for hydroxylation is 2. The molecule has 10 nitrogen and oxygen atoms in total. The van der Waals surface area contributed by atoms with Crippen LogP contribution < -0.4 is 0 Å². The average molecular weight is 531 g/mol. The Hall–Kier alpha value is -5.64. The predicted molar refractivity (Wildman–Crippen MR) is 153 cm³/mol. The molecule has 2 heterocycles. The molecule has 0 atom stereocenters. The Bertz CT molecular complexity index is 1880. The Morgan fingerprint density at radius 2 is 0.875 bits per heavy atom. The largest absolute Gasteiger partial charge is 0.271 e. The summed E-state index contributed by atoms with van der Waals surface area (Å²) in [5, 5.41) is 21.6. The van der Waals surface area contributed by atoms with Crippen molar-refractivity contribution in [3.05, 3.63) is 129 Å². The molecule has 6 rings (SSSR count). The van der Waals surface area contributed by atoms with Crippen molar-refractivity contribution in [2.24, 2.45) is 0 Å². The van der Waals surface area contributed by atoms with Crippen molar-refractivity contribution in [3.63, 3.8) is 0 Å². The number of non-ortho nitro benzene ring substituents is 2. The van der Waals surface area contributed by atoms with E-state index >= 15 is 0 Å². The second-order valence-corrected chi connectivity index (χ2v) is 8.91. The lowest BCUT2D eigenvalue weighted by atomic mass is 10.1. The number of aromatic nitrogens is 4. The fourth-order valence-electron chi connectivity index (χ4n) is 4.23. The van der Waals surface area contributed by atoms with E-state index in [0.29, 0.717) is 22.1 Å². The van der Waals surface area contributed by atoms with Gasteiger partial charge in [-0.2, -0.15) is 0 Å². The van der Waals surface area contributed by atoms with Crippen LogP contribution in [0.4, 0.5) is 11.4 Å². The smallest absolute Gasteiger partial charge is 0.258 e. The van der Waals surface area contributed by atoms with Gasteiger partial charge in [-0.1, -0.05) is 60.7 Å². The van der Waals surface area contributed by atoms with Crippen LogP contribution >= 0.6 is 0 Å². The second kappa shape index (κ2) is 11.0. The summed E-state index contributed by atoms with van der Waals surface area (Å²) in [6, 6.07) is 28.5. The van der Waals surface area contributed by atoms with E-state index in [0.717, 1.165) is 33.9 Å². The highest BCUT2D eigenvalue weighted by Gasteiger charge is 2.13. The Labute approximate surface area is 228 Å². The molecule has 0 fully saturated rings. The van der Waals surface area contributed by atoms with E-state index in [1.165, 1.54) is 24.3 Å². The fraction of sp³-hybridized carbons (Fsp3) is 0.0667. The molecule has 196 valence electrons. The van der Waals surface area contributed by atoms with E-state index in [9.17, 15) is 20.2 Å². The van der Waals surface area contributed by atoms with Gasteiger partial charge in [0.2, 0.25) is 0 Å². The molecule has 0 aliphatic heterocycles. The minimum atomic E-state index is -0.429. The van der Waals surface area contributed by atoms with E-state index in [4.69, 9.17) is 0 Å². The van der Waals surface area contributed by atoms with Gasteiger partial charge in [-0.15, -0.1) is 0 Å². The molecule has 0 unspecified atom stereocenters. The lowest BCUT2D eigenvalue weighted by Crippen LogP contribution is -1.95. The number of nitro benzene ring substituents is 2. The third kappa shape index (κ3) is 5.46. The van der Waals surface area contributed by atoms with E-state index in [1.54, 1.807) is 12.1 Å². The van der Waals surface area contributed by atoms with Gasteiger partial charge in [0.15, 0.2) is 0 Å². The molecule has 6 aromatic rings. The molecular weight excluding hydrogens is 508 g/mol. The molecule has 0 bridgehead atoms. The zero-order valence-corrected chi connectivity index (χ0v) is 21.6. The highest BCUT2D eigenvalue weighted by molar-refractivity contribution is 5.81. The number of rotatable bonds is 4. The zero-order chi connectivity index (χ0) is 28.2. The van der Waals surface area contributed by atoms with E-state index in [1.807, 2.05) is 74.5 Å². The lowest BCUT2D eigenvalue weighted by Gasteiger charge is -2.06. The van der Waals surface area contributed by atoms with Gasteiger partial charge < -0.3 is 0 Å². The van der Waals surface area contributed by atoms with Gasteiger partial charge in [0.25, 0.3) is 11.4 Å². The Kier molecular flexibility index (Phi) is 7.14. The van der Waals surface area contributed by atoms with Crippen molar-refractivity contribution in [2.75, 3.05) is 0 Å². The number of nitrogens with zero attached hydrogens (tertiary/aromatic N) is 6. The van der Waals surface area contributed by atoms with Crippen LogP contribution in [0.5, 0.6) is 0 Å². The Morgan fingerprint density at radius 1 is 0.500 bits per heavy atom. The summed E-state index contributed by atoms with van der Waals surface area (Å²) in [5.41, 5.74) is 7.47. The fourth-order valence-corrected chi connectivity index (χ4v) is 4.23. The van der Waals surface area contributed by atoms with Crippen molar-refractivity contribution < 1.29 is 9.85 Å². The number of hydrogen-bond acceptors (Lipinski definition) is 8. The maximum atomic E-state index is 10.8. The first-order valence-corrected chi connectivity index (χ1v) is 12.3. The molecule has 0 N–H and O–H groups in total. The molecule has 10 heteroatoms. The molecular formula is C30H22N6O4. The van der Waals surface area contributed by atoms with Crippen molar-refractivity contribution in [1.29, 1.82) is 0 Å². The van der Waals surface area contributed by atoms with Crippen molar-refractivity contribution in [2.45, 2.75) is 13.8 Å². The van der Waals surface area contributed by atoms with Crippen LogP contribution in [0.1, 0.15) is 11.4 Å². The van der Waals surface area contributed by atoms with Crippen LogP contribution in [-0.2, 0) is 0 Å². The number of fused-ring (bicyclic) bond motifs is 2. The molecule has 0 radical (unpaired) electrons. The van der Waals surface area contributed by atoms with Crippen LogP contribution in [0, 0.1) is 34.1 Å². The molecule has 0 saturated carbocycles. The number of benzene rings is 4. The molecule has 4 aromatic carbocycles.